The van der Waals surface area contributed by atoms with Gasteiger partial charge in [-0.25, -0.2) is 0 Å². The third-order valence-electron chi connectivity index (χ3n) is 7.08. The number of nitrogens with one attached hydrogen (secondary N) is 1. The second-order valence-electron chi connectivity index (χ2n) is 9.81. The van der Waals surface area contributed by atoms with Gasteiger partial charge in [0.05, 0.1) is 21.5 Å². The highest BCUT2D eigenvalue weighted by Gasteiger charge is 2.31. The lowest BCUT2D eigenvalue weighted by Crippen LogP contribution is -2.49. The molecule has 2 fully saturated rings. The van der Waals surface area contributed by atoms with E-state index in [4.69, 9.17) is 32.8 Å². The number of hydrogen-bond donors (Lipinski definition) is 2. The highest BCUT2D eigenvalue weighted by atomic mass is 35.5. The normalized spacial score (nSPS) is 19.2. The number of carbonyl (C=O) groups is 1. The first-order valence-corrected chi connectivity index (χ1v) is 14.1. The van der Waals surface area contributed by atoms with E-state index >= 15 is 0 Å². The average molecular weight is 561 g/mol. The van der Waals surface area contributed by atoms with Gasteiger partial charge in [-0.1, -0.05) is 40.5 Å². The fourth-order valence-corrected chi connectivity index (χ4v) is 6.40. The molecule has 10 heteroatoms. The zero-order chi connectivity index (χ0) is 25.5. The molecule has 2 unspecified atom stereocenters. The maximum atomic E-state index is 13.6. The van der Waals surface area contributed by atoms with E-state index < -0.39 is 18.1 Å². The van der Waals surface area contributed by atoms with E-state index in [2.05, 4.69) is 15.4 Å². The van der Waals surface area contributed by atoms with E-state index in [1.165, 1.54) is 11.3 Å². The number of aliphatic hydroxyl groups excluding tert-OH is 1. The molecule has 3 aromatic rings. The molecule has 1 saturated heterocycles. The number of likely N-dealkylation sites (tertiary alicyclic amines) is 1. The number of aliphatic hydroxyl groups is 1. The molecule has 3 aliphatic rings. The predicted molar refractivity (Wildman–Crippen MR) is 146 cm³/mol. The van der Waals surface area contributed by atoms with Crippen LogP contribution < -0.4 is 10.1 Å². The number of oxime groups is 1. The largest absolute Gasteiger partial charge is 0.489 e. The summed E-state index contributed by atoms with van der Waals surface area (Å²) >= 11 is 14.2. The molecule has 194 valence electrons. The lowest BCUT2D eigenvalue weighted by atomic mass is 9.97. The van der Waals surface area contributed by atoms with Crippen molar-refractivity contribution in [2.75, 3.05) is 19.6 Å². The minimum absolute atomic E-state index is 0.190. The molecule has 37 heavy (non-hydrogen) atoms. The number of carbonyl (C=O) groups excluding carboxylic acids is 1. The van der Waals surface area contributed by atoms with Crippen molar-refractivity contribution in [3.63, 3.8) is 0 Å². The molecule has 2 N–H and O–H groups in total. The van der Waals surface area contributed by atoms with Gasteiger partial charge in [0.25, 0.3) is 5.91 Å². The quantitative estimate of drug-likeness (QED) is 0.391. The molecule has 7 nitrogen and oxygen atoms in total. The van der Waals surface area contributed by atoms with Crippen LogP contribution in [-0.2, 0) is 16.2 Å². The molecule has 0 bridgehead atoms. The van der Waals surface area contributed by atoms with Crippen LogP contribution in [0.15, 0.2) is 41.6 Å². The molecular formula is C27H27Cl2N3O4S. The number of halogens is 2. The lowest BCUT2D eigenvalue weighted by molar-refractivity contribution is -0.116. The highest BCUT2D eigenvalue weighted by Crippen LogP contribution is 2.36. The number of nitrogens with zero attached hydrogens (tertiary/aromatic N) is 2. The van der Waals surface area contributed by atoms with Crippen LogP contribution >= 0.6 is 34.5 Å². The smallest absolute Gasteiger partial charge is 0.274 e. The Morgan fingerprint density at radius 1 is 1.22 bits per heavy atom. The van der Waals surface area contributed by atoms with Crippen molar-refractivity contribution in [2.45, 2.75) is 50.5 Å². The summed E-state index contributed by atoms with van der Waals surface area (Å²) < 4.78 is 7.55. The first-order valence-electron chi connectivity index (χ1n) is 12.5. The topological polar surface area (TPSA) is 83.4 Å². The summed E-state index contributed by atoms with van der Waals surface area (Å²) in [6, 6.07) is 10.5. The molecule has 1 saturated carbocycles. The van der Waals surface area contributed by atoms with Gasteiger partial charge in [0.2, 0.25) is 0 Å². The van der Waals surface area contributed by atoms with E-state index in [9.17, 15) is 9.90 Å². The zero-order valence-corrected chi connectivity index (χ0v) is 22.4. The molecule has 0 radical (unpaired) electrons. The van der Waals surface area contributed by atoms with Gasteiger partial charge in [-0.15, -0.1) is 11.3 Å². The fraction of sp³-hybridized carbons (Fsp3) is 0.407. The summed E-state index contributed by atoms with van der Waals surface area (Å²) in [6.07, 6.45) is 3.52. The molecular weight excluding hydrogens is 533 g/mol. The van der Waals surface area contributed by atoms with Gasteiger partial charge < -0.3 is 24.9 Å². The Morgan fingerprint density at radius 2 is 2.03 bits per heavy atom. The fourth-order valence-electron chi connectivity index (χ4n) is 4.99. The Kier molecular flexibility index (Phi) is 7.03. The number of rotatable bonds is 8. The summed E-state index contributed by atoms with van der Waals surface area (Å²) in [6.45, 7) is 2.63. The number of thiophene rings is 1. The first-order chi connectivity index (χ1) is 18.0. The van der Waals surface area contributed by atoms with E-state index in [1.54, 1.807) is 12.1 Å². The van der Waals surface area contributed by atoms with Gasteiger partial charge in [-0.2, -0.15) is 0 Å². The summed E-state index contributed by atoms with van der Waals surface area (Å²) in [7, 11) is 0. The Labute approximate surface area is 228 Å². The number of fused-ring (bicyclic) bond motifs is 3. The molecule has 2 aromatic carbocycles. The van der Waals surface area contributed by atoms with Gasteiger partial charge in [-0.05, 0) is 68.6 Å². The Balaban J connectivity index is 1.25. The van der Waals surface area contributed by atoms with Crippen LogP contribution in [-0.4, -0.2) is 53.4 Å². The summed E-state index contributed by atoms with van der Waals surface area (Å²) in [4.78, 5) is 21.3. The van der Waals surface area contributed by atoms with Crippen molar-refractivity contribution < 1.29 is 19.5 Å². The number of ether oxygens (including phenoxy) is 1. The highest BCUT2D eigenvalue weighted by molar-refractivity contribution is 7.22. The Bertz CT molecular complexity index is 1370. The maximum Gasteiger partial charge on any atom is 0.274 e. The van der Waals surface area contributed by atoms with Gasteiger partial charge >= 0.3 is 0 Å². The standard InChI is InChI=1S/C27H27Cl2N3O4S/c28-20-11-15(3-7-22(20)36-16-4-5-16)26(33)21(13-32-9-1-2-10-32)30-27(34)25-17-6-8-23-18(12-24(29)37-23)19(17)14-35-31-25/h3,6-8,11-12,16,21,26,33H,1-2,4-5,9-10,13-14H2,(H,30,34). The van der Waals surface area contributed by atoms with Gasteiger partial charge in [0, 0.05) is 27.8 Å². The monoisotopic (exact) mass is 559 g/mol. The third kappa shape index (κ3) is 5.31. The zero-order valence-electron chi connectivity index (χ0n) is 20.1. The second kappa shape index (κ2) is 10.4. The predicted octanol–water partition coefficient (Wildman–Crippen LogP) is 5.30. The van der Waals surface area contributed by atoms with Crippen LogP contribution in [0.5, 0.6) is 5.75 Å². The summed E-state index contributed by atoms with van der Waals surface area (Å²) in [5, 5.41) is 20.0. The van der Waals surface area contributed by atoms with Crippen LogP contribution in [0.4, 0.5) is 0 Å². The molecule has 2 aliphatic heterocycles. The molecule has 0 spiro atoms. The third-order valence-corrected chi connectivity index (χ3v) is 8.61. The number of benzene rings is 2. The van der Waals surface area contributed by atoms with Crippen molar-refractivity contribution >= 4 is 56.2 Å². The average Bonchev–Trinajstić information content (AvgIpc) is 3.39. The number of hydrogen-bond acceptors (Lipinski definition) is 7. The van der Waals surface area contributed by atoms with Gasteiger partial charge in [-0.3, -0.25) is 4.79 Å². The first kappa shape index (κ1) is 24.9. The van der Waals surface area contributed by atoms with E-state index in [1.807, 2.05) is 24.3 Å². The minimum atomic E-state index is -0.972. The second-order valence-corrected chi connectivity index (χ2v) is 11.9. The SMILES string of the molecule is O=C(NC(CN1CCCC1)C(O)c1ccc(OC2CC2)c(Cl)c1)C1=NOCc2c1ccc1sc(Cl)cc21. The maximum absolute atomic E-state index is 13.6. The lowest BCUT2D eigenvalue weighted by Gasteiger charge is -2.29. The molecule has 1 aliphatic carbocycles. The van der Waals surface area contributed by atoms with Gasteiger partial charge in [0.1, 0.15) is 18.5 Å². The summed E-state index contributed by atoms with van der Waals surface area (Å²) in [5.74, 6) is 0.218. The molecule has 3 heterocycles. The van der Waals surface area contributed by atoms with Crippen LogP contribution in [0.1, 0.15) is 48.5 Å². The summed E-state index contributed by atoms with van der Waals surface area (Å²) in [5.41, 5.74) is 2.41. The van der Waals surface area contributed by atoms with E-state index in [-0.39, 0.29) is 18.4 Å². The Hall–Kier alpha value is -2.36. The van der Waals surface area contributed by atoms with Crippen molar-refractivity contribution in [1.29, 1.82) is 0 Å². The van der Waals surface area contributed by atoms with E-state index in [0.29, 0.717) is 32.8 Å². The molecule has 1 aromatic heterocycles. The Morgan fingerprint density at radius 3 is 2.78 bits per heavy atom. The molecule has 6 rings (SSSR count). The molecule has 1 amide bonds. The van der Waals surface area contributed by atoms with Crippen molar-refractivity contribution in [3.05, 3.63) is 62.4 Å². The van der Waals surface area contributed by atoms with Crippen LogP contribution in [0, 0.1) is 0 Å². The van der Waals surface area contributed by atoms with E-state index in [0.717, 1.165) is 54.4 Å². The van der Waals surface area contributed by atoms with Gasteiger partial charge in [0.15, 0.2) is 5.71 Å². The van der Waals surface area contributed by atoms with Crippen molar-refractivity contribution in [1.82, 2.24) is 10.2 Å². The van der Waals surface area contributed by atoms with Crippen molar-refractivity contribution in [2.24, 2.45) is 5.16 Å². The molecule has 2 atom stereocenters. The van der Waals surface area contributed by atoms with Crippen LogP contribution in [0.3, 0.4) is 0 Å². The van der Waals surface area contributed by atoms with Crippen molar-refractivity contribution in [3.8, 4) is 5.75 Å². The van der Waals surface area contributed by atoms with Crippen LogP contribution in [0.2, 0.25) is 9.36 Å². The minimum Gasteiger partial charge on any atom is -0.489 e. The van der Waals surface area contributed by atoms with Crippen LogP contribution in [0.25, 0.3) is 10.1 Å². The number of amides is 1.